The molecule has 1 aromatic heterocycles. The number of H-pyrrole nitrogens is 1. The molecule has 0 atom stereocenters. The Morgan fingerprint density at radius 3 is 2.33 bits per heavy atom. The maximum Gasteiger partial charge on any atom is 0.328 e. The number of aromatic amines is 1. The van der Waals surface area contributed by atoms with Gasteiger partial charge >= 0.3 is 5.69 Å². The van der Waals surface area contributed by atoms with E-state index in [0.717, 1.165) is 24.0 Å². The van der Waals surface area contributed by atoms with Gasteiger partial charge in [-0.3, -0.25) is 4.57 Å². The van der Waals surface area contributed by atoms with Gasteiger partial charge in [0.1, 0.15) is 0 Å². The SMILES string of the molecule is CCCCn1c(O)c(Cc2ccc(-c3ccccc3)cc2)[nH]c1=O. The molecule has 0 radical (unpaired) electrons. The second-order valence-corrected chi connectivity index (χ2v) is 5.98. The molecule has 0 aliphatic heterocycles. The van der Waals surface area contributed by atoms with Crippen molar-refractivity contribution in [3.05, 3.63) is 76.3 Å². The molecule has 4 nitrogen and oxygen atoms in total. The normalized spacial score (nSPS) is 10.9. The van der Waals surface area contributed by atoms with Crippen LogP contribution in [0.25, 0.3) is 11.1 Å². The van der Waals surface area contributed by atoms with Crippen LogP contribution in [0.1, 0.15) is 31.0 Å². The molecule has 4 heteroatoms. The quantitative estimate of drug-likeness (QED) is 0.722. The molecule has 0 amide bonds. The highest BCUT2D eigenvalue weighted by Gasteiger charge is 2.13. The molecule has 3 rings (SSSR count). The van der Waals surface area contributed by atoms with Crippen molar-refractivity contribution in [3.63, 3.8) is 0 Å². The summed E-state index contributed by atoms with van der Waals surface area (Å²) in [5, 5.41) is 10.3. The third-order valence-electron chi connectivity index (χ3n) is 4.21. The van der Waals surface area contributed by atoms with Gasteiger partial charge in [0.25, 0.3) is 0 Å². The molecular weight excluding hydrogens is 300 g/mol. The van der Waals surface area contributed by atoms with Gasteiger partial charge < -0.3 is 10.1 Å². The van der Waals surface area contributed by atoms with Crippen LogP contribution in [0.2, 0.25) is 0 Å². The summed E-state index contributed by atoms with van der Waals surface area (Å²) >= 11 is 0. The van der Waals surface area contributed by atoms with Gasteiger partial charge in [-0.05, 0) is 23.1 Å². The van der Waals surface area contributed by atoms with Gasteiger partial charge in [-0.2, -0.15) is 0 Å². The highest BCUT2D eigenvalue weighted by molar-refractivity contribution is 5.63. The van der Waals surface area contributed by atoms with E-state index in [-0.39, 0.29) is 11.6 Å². The van der Waals surface area contributed by atoms with E-state index in [1.54, 1.807) is 0 Å². The Morgan fingerprint density at radius 2 is 1.67 bits per heavy atom. The number of benzene rings is 2. The summed E-state index contributed by atoms with van der Waals surface area (Å²) in [6, 6.07) is 18.4. The molecule has 0 fully saturated rings. The third-order valence-corrected chi connectivity index (χ3v) is 4.21. The lowest BCUT2D eigenvalue weighted by Crippen LogP contribution is -2.16. The highest BCUT2D eigenvalue weighted by atomic mass is 16.3. The summed E-state index contributed by atoms with van der Waals surface area (Å²) in [5.74, 6) is 0.0561. The third kappa shape index (κ3) is 3.43. The zero-order valence-corrected chi connectivity index (χ0v) is 13.8. The van der Waals surface area contributed by atoms with E-state index >= 15 is 0 Å². The Labute approximate surface area is 141 Å². The summed E-state index contributed by atoms with van der Waals surface area (Å²) in [6.07, 6.45) is 2.36. The summed E-state index contributed by atoms with van der Waals surface area (Å²) in [6.45, 7) is 2.61. The van der Waals surface area contributed by atoms with Crippen LogP contribution in [-0.4, -0.2) is 14.7 Å². The van der Waals surface area contributed by atoms with Gasteiger partial charge in [0.05, 0.1) is 5.69 Å². The van der Waals surface area contributed by atoms with Crippen LogP contribution in [0.4, 0.5) is 0 Å². The number of nitrogens with zero attached hydrogens (tertiary/aromatic N) is 1. The number of rotatable bonds is 6. The summed E-state index contributed by atoms with van der Waals surface area (Å²) in [4.78, 5) is 14.7. The summed E-state index contributed by atoms with van der Waals surface area (Å²) in [7, 11) is 0. The molecule has 1 heterocycles. The van der Waals surface area contributed by atoms with Crippen molar-refractivity contribution < 1.29 is 5.11 Å². The molecular formula is C20H22N2O2. The largest absolute Gasteiger partial charge is 0.493 e. The van der Waals surface area contributed by atoms with E-state index in [4.69, 9.17) is 0 Å². The number of hydrogen-bond acceptors (Lipinski definition) is 2. The smallest absolute Gasteiger partial charge is 0.328 e. The molecule has 2 aromatic carbocycles. The Morgan fingerprint density at radius 1 is 1.00 bits per heavy atom. The van der Waals surface area contributed by atoms with Crippen molar-refractivity contribution in [2.24, 2.45) is 0 Å². The fraction of sp³-hybridized carbons (Fsp3) is 0.250. The molecule has 0 aliphatic carbocycles. The van der Waals surface area contributed by atoms with Gasteiger partial charge in [0.15, 0.2) is 0 Å². The van der Waals surface area contributed by atoms with Crippen LogP contribution in [0.5, 0.6) is 5.88 Å². The van der Waals surface area contributed by atoms with E-state index in [9.17, 15) is 9.90 Å². The van der Waals surface area contributed by atoms with Crippen LogP contribution >= 0.6 is 0 Å². The summed E-state index contributed by atoms with van der Waals surface area (Å²) < 4.78 is 1.41. The molecule has 0 bridgehead atoms. The predicted molar refractivity (Wildman–Crippen MR) is 96.3 cm³/mol. The number of imidazole rings is 1. The van der Waals surface area contributed by atoms with E-state index in [1.165, 1.54) is 10.1 Å². The second kappa shape index (κ2) is 7.21. The Balaban J connectivity index is 1.78. The van der Waals surface area contributed by atoms with Crippen molar-refractivity contribution in [2.75, 3.05) is 0 Å². The Kier molecular flexibility index (Phi) is 4.85. The average Bonchev–Trinajstić information content (AvgIpc) is 2.88. The predicted octanol–water partition coefficient (Wildman–Crippen LogP) is 3.94. The molecule has 0 unspecified atom stereocenters. The topological polar surface area (TPSA) is 58.0 Å². The minimum Gasteiger partial charge on any atom is -0.493 e. The average molecular weight is 322 g/mol. The Hall–Kier alpha value is -2.75. The van der Waals surface area contributed by atoms with Gasteiger partial charge in [0, 0.05) is 13.0 Å². The highest BCUT2D eigenvalue weighted by Crippen LogP contribution is 2.22. The van der Waals surface area contributed by atoms with E-state index in [0.29, 0.717) is 18.7 Å². The van der Waals surface area contributed by atoms with Crippen molar-refractivity contribution in [3.8, 4) is 17.0 Å². The summed E-state index contributed by atoms with van der Waals surface area (Å²) in [5.41, 5.74) is 3.71. The van der Waals surface area contributed by atoms with Crippen molar-refractivity contribution in [1.82, 2.24) is 9.55 Å². The number of aromatic nitrogens is 2. The monoisotopic (exact) mass is 322 g/mol. The van der Waals surface area contributed by atoms with Gasteiger partial charge in [-0.15, -0.1) is 0 Å². The first-order chi connectivity index (χ1) is 11.7. The standard InChI is InChI=1S/C20H22N2O2/c1-2-3-13-22-19(23)18(21-20(22)24)14-15-9-11-17(12-10-15)16-7-5-4-6-8-16/h4-12,23H,2-3,13-14H2,1H3,(H,21,24). The minimum atomic E-state index is -0.239. The molecule has 0 saturated heterocycles. The van der Waals surface area contributed by atoms with E-state index in [1.807, 2.05) is 30.3 Å². The molecule has 24 heavy (non-hydrogen) atoms. The van der Waals surface area contributed by atoms with Gasteiger partial charge in [0.2, 0.25) is 5.88 Å². The number of nitrogens with one attached hydrogen (secondary N) is 1. The fourth-order valence-corrected chi connectivity index (χ4v) is 2.81. The van der Waals surface area contributed by atoms with Crippen LogP contribution in [0.15, 0.2) is 59.4 Å². The van der Waals surface area contributed by atoms with Crippen LogP contribution < -0.4 is 5.69 Å². The van der Waals surface area contributed by atoms with Gasteiger partial charge in [-0.25, -0.2) is 4.79 Å². The van der Waals surface area contributed by atoms with Crippen molar-refractivity contribution >= 4 is 0 Å². The minimum absolute atomic E-state index is 0.0561. The molecule has 124 valence electrons. The number of hydrogen-bond donors (Lipinski definition) is 2. The van der Waals surface area contributed by atoms with Crippen LogP contribution in [0.3, 0.4) is 0 Å². The van der Waals surface area contributed by atoms with Crippen LogP contribution in [-0.2, 0) is 13.0 Å². The van der Waals surface area contributed by atoms with Crippen molar-refractivity contribution in [2.45, 2.75) is 32.7 Å². The first-order valence-electron chi connectivity index (χ1n) is 8.34. The lowest BCUT2D eigenvalue weighted by atomic mass is 10.0. The van der Waals surface area contributed by atoms with Crippen LogP contribution in [0, 0.1) is 0 Å². The lowest BCUT2D eigenvalue weighted by molar-refractivity contribution is 0.404. The zero-order valence-electron chi connectivity index (χ0n) is 13.8. The molecule has 0 aliphatic rings. The zero-order chi connectivity index (χ0) is 16.9. The number of unbranched alkanes of at least 4 members (excludes halogenated alkanes) is 1. The van der Waals surface area contributed by atoms with Gasteiger partial charge in [-0.1, -0.05) is 67.9 Å². The molecule has 2 N–H and O–H groups in total. The number of aromatic hydroxyl groups is 1. The molecule has 0 saturated carbocycles. The maximum atomic E-state index is 11.9. The van der Waals surface area contributed by atoms with E-state index < -0.39 is 0 Å². The lowest BCUT2D eigenvalue weighted by Gasteiger charge is -2.05. The second-order valence-electron chi connectivity index (χ2n) is 5.98. The fourth-order valence-electron chi connectivity index (χ4n) is 2.81. The molecule has 3 aromatic rings. The molecule has 0 spiro atoms. The maximum absolute atomic E-state index is 11.9. The Bertz CT molecular complexity index is 846. The van der Waals surface area contributed by atoms with E-state index in [2.05, 4.69) is 36.2 Å². The first-order valence-corrected chi connectivity index (χ1v) is 8.34. The van der Waals surface area contributed by atoms with Crippen molar-refractivity contribution in [1.29, 1.82) is 0 Å². The first kappa shape index (κ1) is 16.1.